The second-order valence-corrected chi connectivity index (χ2v) is 5.43. The Hall–Kier alpha value is -2.57. The van der Waals surface area contributed by atoms with Crippen LogP contribution in [0, 0.1) is 0 Å². The zero-order valence-corrected chi connectivity index (χ0v) is 13.8. The first kappa shape index (κ1) is 18.8. The van der Waals surface area contributed by atoms with Crippen molar-refractivity contribution in [2.75, 3.05) is 0 Å². The monoisotopic (exact) mass is 352 g/mol. The zero-order valence-electron chi connectivity index (χ0n) is 13.8. The molecule has 2 rings (SSSR count). The molecule has 0 spiro atoms. The van der Waals surface area contributed by atoms with E-state index in [0.29, 0.717) is 6.42 Å². The molecule has 1 amide bonds. The molecule has 134 valence electrons. The third kappa shape index (κ3) is 5.48. The lowest BCUT2D eigenvalue weighted by Gasteiger charge is -2.17. The summed E-state index contributed by atoms with van der Waals surface area (Å²) in [6.07, 6.45) is -2.51. The molecule has 0 atom stereocenters. The first-order valence-corrected chi connectivity index (χ1v) is 7.90. The Morgan fingerprint density at radius 1 is 1.20 bits per heavy atom. The lowest BCUT2D eigenvalue weighted by molar-refractivity contribution is -0.140. The number of halogens is 3. The molecule has 0 aliphatic heterocycles. The van der Waals surface area contributed by atoms with Crippen molar-refractivity contribution in [3.05, 3.63) is 59.4 Å². The van der Waals surface area contributed by atoms with E-state index in [1.165, 1.54) is 12.3 Å². The number of benzene rings is 1. The lowest BCUT2D eigenvalue weighted by atomic mass is 10.1. The Kier molecular flexibility index (Phi) is 6.38. The van der Waals surface area contributed by atoms with Crippen molar-refractivity contribution < 1.29 is 22.7 Å². The van der Waals surface area contributed by atoms with Crippen LogP contribution in [0.25, 0.3) is 0 Å². The van der Waals surface area contributed by atoms with Gasteiger partial charge in [-0.2, -0.15) is 13.2 Å². The van der Waals surface area contributed by atoms with Gasteiger partial charge in [-0.3, -0.25) is 9.78 Å². The van der Waals surface area contributed by atoms with Gasteiger partial charge in [0, 0.05) is 12.6 Å². The molecule has 0 fully saturated rings. The van der Waals surface area contributed by atoms with Crippen molar-refractivity contribution in [2.24, 2.45) is 0 Å². The highest BCUT2D eigenvalue weighted by Crippen LogP contribution is 2.38. The lowest BCUT2D eigenvalue weighted by Crippen LogP contribution is -2.25. The molecule has 1 heterocycles. The predicted molar refractivity (Wildman–Crippen MR) is 86.8 cm³/mol. The average molecular weight is 352 g/mol. The second kappa shape index (κ2) is 8.50. The molecule has 0 saturated carbocycles. The minimum Gasteiger partial charge on any atom is -0.488 e. The van der Waals surface area contributed by atoms with Crippen LogP contribution in [-0.2, 0) is 24.1 Å². The van der Waals surface area contributed by atoms with E-state index in [9.17, 15) is 18.0 Å². The topological polar surface area (TPSA) is 51.2 Å². The molecule has 0 unspecified atom stereocenters. The number of aromatic nitrogens is 1. The van der Waals surface area contributed by atoms with Crippen LogP contribution in [0.3, 0.4) is 0 Å². The van der Waals surface area contributed by atoms with Crippen LogP contribution in [0.15, 0.2) is 42.6 Å². The first-order chi connectivity index (χ1) is 11.9. The maximum atomic E-state index is 13.5. The number of hydrogen-bond donors (Lipinski definition) is 1. The van der Waals surface area contributed by atoms with E-state index in [1.807, 2.05) is 13.0 Å². The van der Waals surface area contributed by atoms with Gasteiger partial charge in [0.1, 0.15) is 17.9 Å². The number of hydrogen-bond acceptors (Lipinski definition) is 3. The molecule has 0 radical (unpaired) electrons. The molecule has 1 N–H and O–H groups in total. The summed E-state index contributed by atoms with van der Waals surface area (Å²) >= 11 is 0. The van der Waals surface area contributed by atoms with Crippen LogP contribution in [0.4, 0.5) is 13.2 Å². The summed E-state index contributed by atoms with van der Waals surface area (Å²) in [6.45, 7) is 1.53. The van der Waals surface area contributed by atoms with E-state index in [2.05, 4.69) is 10.3 Å². The first-order valence-electron chi connectivity index (χ1n) is 7.90. The van der Waals surface area contributed by atoms with Crippen molar-refractivity contribution in [1.29, 1.82) is 0 Å². The van der Waals surface area contributed by atoms with Gasteiger partial charge in [-0.05, 0) is 18.1 Å². The standard InChI is InChI=1S/C18H19F3N2O2/c1-2-6-16(24)23-11-14-17(18(19,20)21)15(9-10-22-14)25-12-13-7-4-3-5-8-13/h3-5,7-10H,2,6,11-12H2,1H3,(H,23,24). The van der Waals surface area contributed by atoms with Crippen LogP contribution >= 0.6 is 0 Å². The maximum Gasteiger partial charge on any atom is 0.421 e. The van der Waals surface area contributed by atoms with E-state index in [1.54, 1.807) is 24.3 Å². The summed E-state index contributed by atoms with van der Waals surface area (Å²) in [7, 11) is 0. The van der Waals surface area contributed by atoms with Gasteiger partial charge >= 0.3 is 6.18 Å². The number of pyridine rings is 1. The Morgan fingerprint density at radius 2 is 1.92 bits per heavy atom. The number of carbonyl (C=O) groups is 1. The number of rotatable bonds is 7. The third-order valence-corrected chi connectivity index (χ3v) is 3.44. The van der Waals surface area contributed by atoms with Crippen molar-refractivity contribution >= 4 is 5.91 Å². The number of ether oxygens (including phenoxy) is 1. The molecule has 0 aliphatic carbocycles. The van der Waals surface area contributed by atoms with E-state index < -0.39 is 11.7 Å². The molecular formula is C18H19F3N2O2. The Balaban J connectivity index is 2.21. The number of alkyl halides is 3. The summed E-state index contributed by atoms with van der Waals surface area (Å²) in [5.41, 5.74) is -0.463. The summed E-state index contributed by atoms with van der Waals surface area (Å²) < 4.78 is 45.8. The van der Waals surface area contributed by atoms with Gasteiger partial charge in [0.05, 0.1) is 12.2 Å². The molecule has 0 bridgehead atoms. The average Bonchev–Trinajstić information content (AvgIpc) is 2.58. The normalized spacial score (nSPS) is 11.2. The molecule has 7 heteroatoms. The Labute approximate surface area is 144 Å². The van der Waals surface area contributed by atoms with Gasteiger partial charge in [0.2, 0.25) is 5.91 Å². The SMILES string of the molecule is CCCC(=O)NCc1nccc(OCc2ccccc2)c1C(F)(F)F. The van der Waals surface area contributed by atoms with Gasteiger partial charge in [-0.25, -0.2) is 0 Å². The van der Waals surface area contributed by atoms with E-state index in [0.717, 1.165) is 5.56 Å². The molecule has 1 aromatic carbocycles. The van der Waals surface area contributed by atoms with Crippen LogP contribution in [0.5, 0.6) is 5.75 Å². The largest absolute Gasteiger partial charge is 0.488 e. The molecule has 0 aliphatic rings. The van der Waals surface area contributed by atoms with Crippen molar-refractivity contribution in [3.63, 3.8) is 0 Å². The van der Waals surface area contributed by atoms with Gasteiger partial charge < -0.3 is 10.1 Å². The summed E-state index contributed by atoms with van der Waals surface area (Å²) in [5, 5.41) is 2.46. The third-order valence-electron chi connectivity index (χ3n) is 3.44. The summed E-state index contributed by atoms with van der Waals surface area (Å²) in [5.74, 6) is -0.612. The zero-order chi connectivity index (χ0) is 18.3. The second-order valence-electron chi connectivity index (χ2n) is 5.43. The molecule has 0 saturated heterocycles. The van der Waals surface area contributed by atoms with Crippen molar-refractivity contribution in [3.8, 4) is 5.75 Å². The van der Waals surface area contributed by atoms with E-state index in [4.69, 9.17) is 4.74 Å². The molecular weight excluding hydrogens is 333 g/mol. The summed E-state index contributed by atoms with van der Waals surface area (Å²) in [6, 6.07) is 10.1. The van der Waals surface area contributed by atoms with Crippen LogP contribution in [-0.4, -0.2) is 10.9 Å². The minimum atomic E-state index is -4.63. The molecule has 1 aromatic heterocycles. The van der Waals surface area contributed by atoms with Gasteiger partial charge in [0.15, 0.2) is 0 Å². The van der Waals surface area contributed by atoms with Crippen molar-refractivity contribution in [2.45, 2.75) is 39.1 Å². The maximum absolute atomic E-state index is 13.5. The number of nitrogens with one attached hydrogen (secondary N) is 1. The fraction of sp³-hybridized carbons (Fsp3) is 0.333. The highest BCUT2D eigenvalue weighted by Gasteiger charge is 2.38. The molecule has 4 nitrogen and oxygen atoms in total. The smallest absolute Gasteiger partial charge is 0.421 e. The van der Waals surface area contributed by atoms with Gasteiger partial charge in [-0.1, -0.05) is 37.3 Å². The number of amides is 1. The predicted octanol–water partition coefficient (Wildman–Crippen LogP) is 4.10. The number of nitrogens with zero attached hydrogens (tertiary/aromatic N) is 1. The summed E-state index contributed by atoms with van der Waals surface area (Å²) in [4.78, 5) is 15.3. The molecule has 2 aromatic rings. The van der Waals surface area contributed by atoms with E-state index in [-0.39, 0.29) is 36.9 Å². The van der Waals surface area contributed by atoms with Crippen LogP contribution in [0.2, 0.25) is 0 Å². The fourth-order valence-electron chi connectivity index (χ4n) is 2.28. The highest BCUT2D eigenvalue weighted by atomic mass is 19.4. The highest BCUT2D eigenvalue weighted by molar-refractivity contribution is 5.75. The van der Waals surface area contributed by atoms with Crippen molar-refractivity contribution in [1.82, 2.24) is 10.3 Å². The fourth-order valence-corrected chi connectivity index (χ4v) is 2.28. The van der Waals surface area contributed by atoms with Crippen LogP contribution in [0.1, 0.15) is 36.6 Å². The van der Waals surface area contributed by atoms with Gasteiger partial charge in [0.25, 0.3) is 0 Å². The Bertz CT molecular complexity index is 703. The number of carbonyl (C=O) groups excluding carboxylic acids is 1. The molecule has 25 heavy (non-hydrogen) atoms. The van der Waals surface area contributed by atoms with E-state index >= 15 is 0 Å². The Morgan fingerprint density at radius 3 is 2.56 bits per heavy atom. The van der Waals surface area contributed by atoms with Crippen LogP contribution < -0.4 is 10.1 Å². The quantitative estimate of drug-likeness (QED) is 0.816. The minimum absolute atomic E-state index is 0.00949. The van der Waals surface area contributed by atoms with Gasteiger partial charge in [-0.15, -0.1) is 0 Å².